The van der Waals surface area contributed by atoms with E-state index in [0.717, 1.165) is 6.08 Å². The number of cyclic esters (lactones) is 1. The van der Waals surface area contributed by atoms with Crippen molar-refractivity contribution in [2.24, 2.45) is 0 Å². The van der Waals surface area contributed by atoms with Crippen LogP contribution in [-0.2, 0) is 9.53 Å². The monoisotopic (exact) mass is 128 g/mol. The van der Waals surface area contributed by atoms with Gasteiger partial charge in [-0.2, -0.15) is 0 Å². The molecule has 0 spiro atoms. The first-order chi connectivity index (χ1) is 4.02. The number of esters is 1. The zero-order valence-corrected chi connectivity index (χ0v) is 5.34. The van der Waals surface area contributed by atoms with Gasteiger partial charge in [0, 0.05) is 0 Å². The summed E-state index contributed by atoms with van der Waals surface area (Å²) < 4.78 is 4.68. The molecule has 0 bridgehead atoms. The van der Waals surface area contributed by atoms with Gasteiger partial charge in [0.25, 0.3) is 0 Å². The highest BCUT2D eigenvalue weighted by atomic mass is 16.6. The summed E-state index contributed by atoms with van der Waals surface area (Å²) in [6, 6.07) is 0. The maximum absolute atomic E-state index is 10.4. The highest BCUT2D eigenvalue weighted by Gasteiger charge is 2.33. The lowest BCUT2D eigenvalue weighted by Crippen LogP contribution is -2.22. The van der Waals surface area contributed by atoms with Crippen molar-refractivity contribution in [1.82, 2.24) is 0 Å². The molecule has 0 atom stereocenters. The lowest BCUT2D eigenvalue weighted by atomic mass is 10.1. The Morgan fingerprint density at radius 2 is 2.22 bits per heavy atom. The van der Waals surface area contributed by atoms with Crippen molar-refractivity contribution in [3.63, 3.8) is 0 Å². The molecule has 0 amide bonds. The predicted octanol–water partition coefficient (Wildman–Crippen LogP) is 0.764. The first-order valence-electron chi connectivity index (χ1n) is 2.66. The highest BCUT2D eigenvalue weighted by molar-refractivity contribution is 5.85. The van der Waals surface area contributed by atoms with E-state index in [1.165, 1.54) is 0 Å². The fraction of sp³-hybridized carbons (Fsp3) is 0.500. The Morgan fingerprint density at radius 3 is 2.33 bits per heavy atom. The summed E-state index contributed by atoms with van der Waals surface area (Å²) in [7, 11) is 0. The molecule has 50 valence electrons. The van der Waals surface area contributed by atoms with Crippen LogP contribution in [0.1, 0.15) is 13.8 Å². The van der Waals surface area contributed by atoms with Gasteiger partial charge in [0.15, 0.2) is 5.60 Å². The summed E-state index contributed by atoms with van der Waals surface area (Å²) in [5.74, 6) is -0.481. The molecule has 0 aromatic carbocycles. The third-order valence-corrected chi connectivity index (χ3v) is 1.23. The Balaban J connectivity index is 2.89. The molecule has 3 heteroatoms. The molecule has 9 heavy (non-hydrogen) atoms. The van der Waals surface area contributed by atoms with Gasteiger partial charge in [-0.1, -0.05) is 0 Å². The molecule has 0 aromatic rings. The van der Waals surface area contributed by atoms with E-state index >= 15 is 0 Å². The molecular formula is C6H8O3. The Kier molecular flexibility index (Phi) is 1.02. The average molecular weight is 128 g/mol. The van der Waals surface area contributed by atoms with E-state index in [4.69, 9.17) is 5.11 Å². The standard InChI is InChI=1S/C6H8O3/c1-6(2)4(7)3-5(8)9-6/h3,7H,1-2H3. The number of aliphatic hydroxyl groups is 1. The topological polar surface area (TPSA) is 46.5 Å². The molecule has 0 fully saturated rings. The van der Waals surface area contributed by atoms with Crippen LogP contribution in [0.4, 0.5) is 0 Å². The zero-order valence-electron chi connectivity index (χ0n) is 5.34. The van der Waals surface area contributed by atoms with Crippen molar-refractivity contribution in [1.29, 1.82) is 0 Å². The van der Waals surface area contributed by atoms with Gasteiger partial charge in [-0.05, 0) is 13.8 Å². The van der Waals surface area contributed by atoms with Crippen LogP contribution in [0, 0.1) is 0 Å². The summed E-state index contributed by atoms with van der Waals surface area (Å²) in [5.41, 5.74) is -0.808. The van der Waals surface area contributed by atoms with Crippen molar-refractivity contribution in [2.45, 2.75) is 19.4 Å². The fourth-order valence-corrected chi connectivity index (χ4v) is 0.619. The smallest absolute Gasteiger partial charge is 0.335 e. The fourth-order valence-electron chi connectivity index (χ4n) is 0.619. The Hall–Kier alpha value is -0.990. The molecule has 3 nitrogen and oxygen atoms in total. The summed E-state index contributed by atoms with van der Waals surface area (Å²) in [6.07, 6.45) is 1.08. The second-order valence-corrected chi connectivity index (χ2v) is 2.46. The van der Waals surface area contributed by atoms with Crippen LogP contribution >= 0.6 is 0 Å². The third kappa shape index (κ3) is 0.896. The van der Waals surface area contributed by atoms with Crippen LogP contribution in [0.3, 0.4) is 0 Å². The molecule has 0 saturated carbocycles. The quantitative estimate of drug-likeness (QED) is 0.490. The lowest BCUT2D eigenvalue weighted by Gasteiger charge is -2.16. The van der Waals surface area contributed by atoms with Crippen molar-refractivity contribution < 1.29 is 14.6 Å². The molecule has 1 aliphatic heterocycles. The van der Waals surface area contributed by atoms with Gasteiger partial charge in [-0.15, -0.1) is 0 Å². The number of aliphatic hydroxyl groups excluding tert-OH is 1. The SMILES string of the molecule is CC1(C)OC(=O)C=C1O. The minimum absolute atomic E-state index is 0.00694. The van der Waals surface area contributed by atoms with Gasteiger partial charge in [-0.25, -0.2) is 4.79 Å². The molecule has 0 aromatic heterocycles. The minimum Gasteiger partial charge on any atom is -0.508 e. The van der Waals surface area contributed by atoms with Crippen LogP contribution in [0.15, 0.2) is 11.8 Å². The molecule has 1 rings (SSSR count). The van der Waals surface area contributed by atoms with Crippen molar-refractivity contribution in [3.05, 3.63) is 11.8 Å². The van der Waals surface area contributed by atoms with E-state index < -0.39 is 11.6 Å². The minimum atomic E-state index is -0.808. The summed E-state index contributed by atoms with van der Waals surface area (Å²) in [6.45, 7) is 3.26. The van der Waals surface area contributed by atoms with Crippen LogP contribution in [0.25, 0.3) is 0 Å². The summed E-state index contributed by atoms with van der Waals surface area (Å²) >= 11 is 0. The normalized spacial score (nSPS) is 23.3. The van der Waals surface area contributed by atoms with Crippen molar-refractivity contribution in [2.75, 3.05) is 0 Å². The second-order valence-electron chi connectivity index (χ2n) is 2.46. The number of ether oxygens (including phenoxy) is 1. The van der Waals surface area contributed by atoms with E-state index in [0.29, 0.717) is 0 Å². The van der Waals surface area contributed by atoms with Gasteiger partial charge in [0.1, 0.15) is 5.76 Å². The average Bonchev–Trinajstić information content (AvgIpc) is 1.79. The number of carbonyl (C=O) groups excluding carboxylic acids is 1. The third-order valence-electron chi connectivity index (χ3n) is 1.23. The summed E-state index contributed by atoms with van der Waals surface area (Å²) in [5, 5.41) is 8.94. The maximum Gasteiger partial charge on any atom is 0.335 e. The summed E-state index contributed by atoms with van der Waals surface area (Å²) in [4.78, 5) is 10.4. The van der Waals surface area contributed by atoms with Crippen LogP contribution in [0.2, 0.25) is 0 Å². The van der Waals surface area contributed by atoms with Gasteiger partial charge in [0.05, 0.1) is 6.08 Å². The molecule has 0 radical (unpaired) electrons. The Bertz CT molecular complexity index is 179. The molecule has 0 aliphatic carbocycles. The van der Waals surface area contributed by atoms with Crippen molar-refractivity contribution >= 4 is 5.97 Å². The largest absolute Gasteiger partial charge is 0.508 e. The Labute approximate surface area is 52.9 Å². The maximum atomic E-state index is 10.4. The first-order valence-corrected chi connectivity index (χ1v) is 2.66. The molecule has 0 saturated heterocycles. The number of hydrogen-bond donors (Lipinski definition) is 1. The van der Waals surface area contributed by atoms with Gasteiger partial charge < -0.3 is 9.84 Å². The van der Waals surface area contributed by atoms with Crippen molar-refractivity contribution in [3.8, 4) is 0 Å². The lowest BCUT2D eigenvalue weighted by molar-refractivity contribution is -0.144. The number of carbonyl (C=O) groups is 1. The molecule has 1 N–H and O–H groups in total. The number of hydrogen-bond acceptors (Lipinski definition) is 3. The van der Waals surface area contributed by atoms with E-state index in [1.54, 1.807) is 13.8 Å². The highest BCUT2D eigenvalue weighted by Crippen LogP contribution is 2.23. The van der Waals surface area contributed by atoms with Gasteiger partial charge in [-0.3, -0.25) is 0 Å². The second kappa shape index (κ2) is 1.50. The first kappa shape index (κ1) is 6.13. The van der Waals surface area contributed by atoms with Crippen LogP contribution < -0.4 is 0 Å². The predicted molar refractivity (Wildman–Crippen MR) is 30.9 cm³/mol. The Morgan fingerprint density at radius 1 is 1.67 bits per heavy atom. The molecule has 0 unspecified atom stereocenters. The van der Waals surface area contributed by atoms with Gasteiger partial charge in [0.2, 0.25) is 0 Å². The van der Waals surface area contributed by atoms with E-state index in [-0.39, 0.29) is 5.76 Å². The number of rotatable bonds is 0. The molecule has 1 heterocycles. The van der Waals surface area contributed by atoms with E-state index in [2.05, 4.69) is 4.74 Å². The van der Waals surface area contributed by atoms with E-state index in [1.807, 2.05) is 0 Å². The zero-order chi connectivity index (χ0) is 7.07. The molecular weight excluding hydrogens is 120 g/mol. The van der Waals surface area contributed by atoms with Crippen LogP contribution in [-0.4, -0.2) is 16.7 Å². The van der Waals surface area contributed by atoms with Crippen LogP contribution in [0.5, 0.6) is 0 Å². The molecule has 1 aliphatic rings. The van der Waals surface area contributed by atoms with E-state index in [9.17, 15) is 4.79 Å². The van der Waals surface area contributed by atoms with Gasteiger partial charge >= 0.3 is 5.97 Å².